The summed E-state index contributed by atoms with van der Waals surface area (Å²) >= 11 is 1.72. The van der Waals surface area contributed by atoms with Crippen LogP contribution < -0.4 is 9.64 Å². The van der Waals surface area contributed by atoms with E-state index < -0.39 is 0 Å². The van der Waals surface area contributed by atoms with Crippen molar-refractivity contribution < 1.29 is 9.84 Å². The lowest BCUT2D eigenvalue weighted by Crippen LogP contribution is -2.46. The summed E-state index contributed by atoms with van der Waals surface area (Å²) in [6.45, 7) is 8.95. The smallest absolute Gasteiger partial charge is 0.162 e. The average molecular weight is 385 g/mol. The van der Waals surface area contributed by atoms with Gasteiger partial charge in [-0.2, -0.15) is 0 Å². The molecule has 0 radical (unpaired) electrons. The van der Waals surface area contributed by atoms with Gasteiger partial charge in [-0.15, -0.1) is 11.3 Å². The first-order chi connectivity index (χ1) is 13.2. The Morgan fingerprint density at radius 3 is 2.78 bits per heavy atom. The molecule has 2 aromatic heterocycles. The second-order valence-electron chi connectivity index (χ2n) is 6.75. The van der Waals surface area contributed by atoms with E-state index in [1.165, 1.54) is 10.3 Å². The molecule has 1 fully saturated rings. The van der Waals surface area contributed by atoms with Crippen molar-refractivity contribution in [2.75, 3.05) is 37.7 Å². The van der Waals surface area contributed by atoms with Crippen LogP contribution in [-0.2, 0) is 6.54 Å². The standard InChI is InChI=1S/C20H24N4O2S/c1-3-26-16-6-4-5-15(18(16)25)11-23-7-9-24(10-8-23)20-19-17(21-13-22-20)14(2)12-27-19/h4-6,12-13,25H,3,7-11H2,1-2H3. The topological polar surface area (TPSA) is 61.7 Å². The number of ether oxygens (including phenoxy) is 1. The predicted octanol–water partition coefficient (Wildman–Crippen LogP) is 3.43. The van der Waals surface area contributed by atoms with Gasteiger partial charge in [-0.1, -0.05) is 12.1 Å². The van der Waals surface area contributed by atoms with Crippen LogP contribution in [-0.4, -0.2) is 52.8 Å². The zero-order chi connectivity index (χ0) is 18.8. The number of para-hydroxylation sites is 1. The molecule has 142 valence electrons. The Balaban J connectivity index is 1.44. The number of phenolic OH excluding ortho intramolecular Hbond substituents is 1. The molecule has 1 aromatic carbocycles. The lowest BCUT2D eigenvalue weighted by molar-refractivity contribution is 0.244. The highest BCUT2D eigenvalue weighted by molar-refractivity contribution is 7.18. The first-order valence-corrected chi connectivity index (χ1v) is 10.1. The Morgan fingerprint density at radius 1 is 1.19 bits per heavy atom. The van der Waals surface area contributed by atoms with Crippen LogP contribution in [0.4, 0.5) is 5.82 Å². The Hall–Kier alpha value is -2.38. The minimum Gasteiger partial charge on any atom is -0.504 e. The van der Waals surface area contributed by atoms with E-state index in [-0.39, 0.29) is 5.75 Å². The third kappa shape index (κ3) is 3.57. The number of aryl methyl sites for hydroxylation is 1. The number of nitrogens with zero attached hydrogens (tertiary/aromatic N) is 4. The molecule has 0 bridgehead atoms. The van der Waals surface area contributed by atoms with Crippen LogP contribution in [0.15, 0.2) is 29.9 Å². The zero-order valence-corrected chi connectivity index (χ0v) is 16.5. The Kier molecular flexibility index (Phi) is 5.13. The maximum Gasteiger partial charge on any atom is 0.162 e. The zero-order valence-electron chi connectivity index (χ0n) is 15.7. The molecule has 27 heavy (non-hydrogen) atoms. The molecule has 0 amide bonds. The van der Waals surface area contributed by atoms with E-state index in [9.17, 15) is 5.11 Å². The van der Waals surface area contributed by atoms with Crippen molar-refractivity contribution in [1.82, 2.24) is 14.9 Å². The van der Waals surface area contributed by atoms with Crippen LogP contribution in [0.5, 0.6) is 11.5 Å². The normalized spacial score (nSPS) is 15.4. The third-order valence-corrected chi connectivity index (χ3v) is 6.04. The van der Waals surface area contributed by atoms with E-state index in [1.54, 1.807) is 17.7 Å². The van der Waals surface area contributed by atoms with Gasteiger partial charge in [0.2, 0.25) is 0 Å². The average Bonchev–Trinajstić information content (AvgIpc) is 3.07. The van der Waals surface area contributed by atoms with E-state index in [4.69, 9.17) is 4.74 Å². The van der Waals surface area contributed by atoms with Gasteiger partial charge in [0.05, 0.1) is 16.8 Å². The van der Waals surface area contributed by atoms with Gasteiger partial charge < -0.3 is 14.7 Å². The van der Waals surface area contributed by atoms with Crippen LogP contribution in [0.2, 0.25) is 0 Å². The number of rotatable bonds is 5. The first kappa shape index (κ1) is 18.0. The van der Waals surface area contributed by atoms with Gasteiger partial charge in [0.1, 0.15) is 12.1 Å². The van der Waals surface area contributed by atoms with Gasteiger partial charge in [-0.3, -0.25) is 4.90 Å². The number of fused-ring (bicyclic) bond motifs is 1. The fourth-order valence-corrected chi connectivity index (χ4v) is 4.53. The van der Waals surface area contributed by atoms with E-state index in [2.05, 4.69) is 32.1 Å². The Bertz CT molecular complexity index is 935. The number of hydrogen-bond donors (Lipinski definition) is 1. The summed E-state index contributed by atoms with van der Waals surface area (Å²) in [6, 6.07) is 5.71. The molecular weight excluding hydrogens is 360 g/mol. The lowest BCUT2D eigenvalue weighted by Gasteiger charge is -2.35. The molecule has 1 saturated heterocycles. The molecule has 1 aliphatic rings. The summed E-state index contributed by atoms with van der Waals surface area (Å²) in [4.78, 5) is 13.7. The summed E-state index contributed by atoms with van der Waals surface area (Å²) in [5.41, 5.74) is 3.18. The van der Waals surface area contributed by atoms with Crippen molar-refractivity contribution in [1.29, 1.82) is 0 Å². The number of phenols is 1. The number of aromatic hydroxyl groups is 1. The van der Waals surface area contributed by atoms with Gasteiger partial charge in [-0.25, -0.2) is 9.97 Å². The number of hydrogen-bond acceptors (Lipinski definition) is 7. The van der Waals surface area contributed by atoms with Crippen LogP contribution in [0.25, 0.3) is 10.2 Å². The van der Waals surface area contributed by atoms with E-state index in [1.807, 2.05) is 25.1 Å². The summed E-state index contributed by atoms with van der Waals surface area (Å²) < 4.78 is 6.67. The van der Waals surface area contributed by atoms with Gasteiger partial charge in [-0.05, 0) is 30.9 Å². The molecule has 0 aliphatic carbocycles. The maximum atomic E-state index is 10.4. The molecular formula is C20H24N4O2S. The highest BCUT2D eigenvalue weighted by atomic mass is 32.1. The quantitative estimate of drug-likeness (QED) is 0.727. The molecule has 6 nitrogen and oxygen atoms in total. The second-order valence-corrected chi connectivity index (χ2v) is 7.63. The summed E-state index contributed by atoms with van der Waals surface area (Å²) in [5.74, 6) is 1.86. The van der Waals surface area contributed by atoms with Crippen molar-refractivity contribution in [3.05, 3.63) is 41.0 Å². The summed E-state index contributed by atoms with van der Waals surface area (Å²) in [6.07, 6.45) is 1.67. The van der Waals surface area contributed by atoms with Gasteiger partial charge >= 0.3 is 0 Å². The van der Waals surface area contributed by atoms with Gasteiger partial charge in [0, 0.05) is 38.3 Å². The van der Waals surface area contributed by atoms with Crippen molar-refractivity contribution in [3.8, 4) is 11.5 Å². The third-order valence-electron chi connectivity index (χ3n) is 4.96. The largest absolute Gasteiger partial charge is 0.504 e. The van der Waals surface area contributed by atoms with Gasteiger partial charge in [0.15, 0.2) is 11.5 Å². The summed E-state index contributed by atoms with van der Waals surface area (Å²) in [5, 5.41) is 12.6. The number of thiophene rings is 1. The number of benzene rings is 1. The minimum absolute atomic E-state index is 0.258. The SMILES string of the molecule is CCOc1cccc(CN2CCN(c3ncnc4c(C)csc34)CC2)c1O. The fraction of sp³-hybridized carbons (Fsp3) is 0.400. The monoisotopic (exact) mass is 384 g/mol. The Labute approximate surface area is 163 Å². The molecule has 1 aliphatic heterocycles. The second kappa shape index (κ2) is 7.70. The Morgan fingerprint density at radius 2 is 2.00 bits per heavy atom. The number of piperazine rings is 1. The van der Waals surface area contributed by atoms with Crippen LogP contribution in [0, 0.1) is 6.92 Å². The molecule has 0 unspecified atom stereocenters. The number of anilines is 1. The van der Waals surface area contributed by atoms with E-state index in [0.717, 1.165) is 49.6 Å². The van der Waals surface area contributed by atoms with Crippen molar-refractivity contribution in [2.45, 2.75) is 20.4 Å². The summed E-state index contributed by atoms with van der Waals surface area (Å²) in [7, 11) is 0. The number of aromatic nitrogens is 2. The molecule has 3 aromatic rings. The molecule has 4 rings (SSSR count). The van der Waals surface area contributed by atoms with Crippen LogP contribution in [0.3, 0.4) is 0 Å². The van der Waals surface area contributed by atoms with Crippen molar-refractivity contribution in [3.63, 3.8) is 0 Å². The first-order valence-electron chi connectivity index (χ1n) is 9.27. The molecule has 0 atom stereocenters. The molecule has 0 spiro atoms. The van der Waals surface area contributed by atoms with Crippen LogP contribution >= 0.6 is 11.3 Å². The van der Waals surface area contributed by atoms with E-state index in [0.29, 0.717) is 12.4 Å². The van der Waals surface area contributed by atoms with Gasteiger partial charge in [0.25, 0.3) is 0 Å². The minimum atomic E-state index is 0.258. The van der Waals surface area contributed by atoms with E-state index >= 15 is 0 Å². The molecule has 7 heteroatoms. The fourth-order valence-electron chi connectivity index (χ4n) is 3.51. The van der Waals surface area contributed by atoms with Crippen molar-refractivity contribution >= 4 is 27.4 Å². The van der Waals surface area contributed by atoms with Crippen molar-refractivity contribution in [2.24, 2.45) is 0 Å². The molecule has 1 N–H and O–H groups in total. The predicted molar refractivity (Wildman–Crippen MR) is 109 cm³/mol. The molecule has 3 heterocycles. The molecule has 0 saturated carbocycles. The lowest BCUT2D eigenvalue weighted by atomic mass is 10.1. The highest BCUT2D eigenvalue weighted by Gasteiger charge is 2.22. The maximum absolute atomic E-state index is 10.4. The van der Waals surface area contributed by atoms with Crippen LogP contribution in [0.1, 0.15) is 18.1 Å². The highest BCUT2D eigenvalue weighted by Crippen LogP contribution is 2.33.